The Kier molecular flexibility index (Phi) is 12.0. The molecule has 36 heavy (non-hydrogen) atoms. The Balaban J connectivity index is 0.000000381. The number of carboxylic acid groups (broad SMARTS) is 1. The van der Waals surface area contributed by atoms with E-state index in [1.807, 2.05) is 0 Å². The summed E-state index contributed by atoms with van der Waals surface area (Å²) in [5, 5.41) is 98.3. The quantitative estimate of drug-likeness (QED) is 0.145. The van der Waals surface area contributed by atoms with Gasteiger partial charge < -0.3 is 71.2 Å². The summed E-state index contributed by atoms with van der Waals surface area (Å²) < 4.78 is 9.68. The Labute approximate surface area is 204 Å². The third-order valence-corrected chi connectivity index (χ3v) is 5.48. The maximum absolute atomic E-state index is 11.1. The number of aliphatic hydroxyl groups excluding tert-OH is 8. The van der Waals surface area contributed by atoms with E-state index in [1.165, 1.54) is 6.92 Å². The van der Waals surface area contributed by atoms with E-state index >= 15 is 0 Å². The van der Waals surface area contributed by atoms with Crippen LogP contribution in [-0.2, 0) is 23.9 Å². The smallest absolute Gasteiger partial charge is 0.364 e. The van der Waals surface area contributed by atoms with Gasteiger partial charge in [0.15, 0.2) is 6.29 Å². The van der Waals surface area contributed by atoms with Crippen LogP contribution >= 0.6 is 0 Å². The van der Waals surface area contributed by atoms with Crippen molar-refractivity contribution in [1.82, 2.24) is 10.6 Å². The van der Waals surface area contributed by atoms with Gasteiger partial charge in [-0.05, 0) is 0 Å². The number of nitrogens with one attached hydrogen (secondary N) is 2. The van der Waals surface area contributed by atoms with E-state index in [-0.39, 0.29) is 0 Å². The van der Waals surface area contributed by atoms with Gasteiger partial charge in [-0.25, -0.2) is 4.79 Å². The number of aliphatic carboxylic acids is 1. The van der Waals surface area contributed by atoms with Crippen molar-refractivity contribution in [1.29, 1.82) is 0 Å². The molecular formula is C19H34N2O15. The minimum atomic E-state index is -2.78. The molecule has 2 aliphatic heterocycles. The molecule has 0 aromatic rings. The number of carbonyl (C=O) groups excluding carboxylic acids is 2. The van der Waals surface area contributed by atoms with Gasteiger partial charge in [-0.15, -0.1) is 0 Å². The van der Waals surface area contributed by atoms with E-state index in [4.69, 9.17) is 24.8 Å². The molecule has 17 nitrogen and oxygen atoms in total. The lowest BCUT2D eigenvalue weighted by atomic mass is 9.88. The zero-order chi connectivity index (χ0) is 28.0. The summed E-state index contributed by atoms with van der Waals surface area (Å²) in [4.78, 5) is 32.8. The fourth-order valence-corrected chi connectivity index (χ4v) is 3.62. The summed E-state index contributed by atoms with van der Waals surface area (Å²) in [5.74, 6) is -5.64. The zero-order valence-electron chi connectivity index (χ0n) is 19.4. The highest BCUT2D eigenvalue weighted by Gasteiger charge is 2.53. The van der Waals surface area contributed by atoms with E-state index < -0.39 is 104 Å². The second-order valence-electron chi connectivity index (χ2n) is 8.37. The Hall–Kier alpha value is -2.03. The Morgan fingerprint density at radius 3 is 1.94 bits per heavy atom. The SMILES string of the molecule is CC(=O)N[C@@H]1C(O)O[C@H](CO)[C@@H](O)[C@@H]1O.CC(=O)N[C@H]1[C@H]([C@H](O)[C@H](O)CO)OC(O)(C(=O)O)C[C@@H]1O. The fraction of sp³-hybridized carbons (Fsp3) is 0.842. The number of hydrogen-bond donors (Lipinski definition) is 12. The highest BCUT2D eigenvalue weighted by molar-refractivity contribution is 5.76. The summed E-state index contributed by atoms with van der Waals surface area (Å²) in [6, 6.07) is -2.36. The molecule has 2 amide bonds. The number of carbonyl (C=O) groups is 3. The van der Waals surface area contributed by atoms with Gasteiger partial charge in [0.1, 0.15) is 42.7 Å². The summed E-state index contributed by atoms with van der Waals surface area (Å²) >= 11 is 0. The third kappa shape index (κ3) is 7.98. The van der Waals surface area contributed by atoms with E-state index in [2.05, 4.69) is 10.6 Å². The molecule has 210 valence electrons. The largest absolute Gasteiger partial charge is 0.477 e. The maximum atomic E-state index is 11.1. The van der Waals surface area contributed by atoms with Crippen molar-refractivity contribution in [3.05, 3.63) is 0 Å². The van der Waals surface area contributed by atoms with Crippen LogP contribution in [0.3, 0.4) is 0 Å². The van der Waals surface area contributed by atoms with Crippen LogP contribution in [0, 0.1) is 0 Å². The molecule has 11 atom stereocenters. The molecule has 12 N–H and O–H groups in total. The predicted octanol–water partition coefficient (Wildman–Crippen LogP) is -6.95. The van der Waals surface area contributed by atoms with Gasteiger partial charge in [-0.3, -0.25) is 9.59 Å². The normalized spacial score (nSPS) is 38.1. The molecule has 17 heteroatoms. The Morgan fingerprint density at radius 1 is 0.972 bits per heavy atom. The van der Waals surface area contributed by atoms with Crippen molar-refractivity contribution in [2.75, 3.05) is 13.2 Å². The van der Waals surface area contributed by atoms with Crippen molar-refractivity contribution in [2.45, 2.75) is 87.2 Å². The first-order chi connectivity index (χ1) is 16.6. The molecule has 0 radical (unpaired) electrons. The van der Waals surface area contributed by atoms with Crippen molar-refractivity contribution >= 4 is 17.8 Å². The molecule has 2 saturated heterocycles. The number of aliphatic hydroxyl groups is 9. The molecule has 2 heterocycles. The van der Waals surface area contributed by atoms with E-state index in [0.29, 0.717) is 0 Å². The average molecular weight is 530 g/mol. The summed E-state index contributed by atoms with van der Waals surface area (Å²) in [6.07, 6.45) is -12.7. The number of rotatable bonds is 7. The van der Waals surface area contributed by atoms with Gasteiger partial charge in [-0.2, -0.15) is 0 Å². The molecule has 2 aliphatic rings. The molecule has 2 unspecified atom stereocenters. The van der Waals surface area contributed by atoms with E-state index in [0.717, 1.165) is 6.92 Å². The van der Waals surface area contributed by atoms with Gasteiger partial charge >= 0.3 is 5.97 Å². The van der Waals surface area contributed by atoms with Gasteiger partial charge in [0.05, 0.1) is 25.4 Å². The summed E-state index contributed by atoms with van der Waals surface area (Å²) in [6.45, 7) is 0.943. The topological polar surface area (TPSA) is 296 Å². The highest BCUT2D eigenvalue weighted by Crippen LogP contribution is 2.30. The van der Waals surface area contributed by atoms with Gasteiger partial charge in [0.25, 0.3) is 5.79 Å². The van der Waals surface area contributed by atoms with Gasteiger partial charge in [0.2, 0.25) is 11.8 Å². The van der Waals surface area contributed by atoms with Crippen LogP contribution in [-0.4, -0.2) is 149 Å². The molecule has 2 fully saturated rings. The van der Waals surface area contributed by atoms with Crippen LogP contribution in [0.15, 0.2) is 0 Å². The van der Waals surface area contributed by atoms with Crippen molar-refractivity contribution < 1.29 is 74.9 Å². The van der Waals surface area contributed by atoms with E-state index in [1.54, 1.807) is 0 Å². The van der Waals surface area contributed by atoms with Crippen LogP contribution in [0.5, 0.6) is 0 Å². The lowest BCUT2D eigenvalue weighted by molar-refractivity contribution is -0.295. The molecule has 0 aliphatic carbocycles. The van der Waals surface area contributed by atoms with Crippen LogP contribution in [0.4, 0.5) is 0 Å². The average Bonchev–Trinajstić information content (AvgIpc) is 2.79. The lowest BCUT2D eigenvalue weighted by Crippen LogP contribution is -2.67. The fourth-order valence-electron chi connectivity index (χ4n) is 3.62. The number of hydrogen-bond acceptors (Lipinski definition) is 14. The van der Waals surface area contributed by atoms with Crippen LogP contribution in [0.25, 0.3) is 0 Å². The first-order valence-electron chi connectivity index (χ1n) is 10.7. The van der Waals surface area contributed by atoms with Crippen LogP contribution < -0.4 is 10.6 Å². The maximum Gasteiger partial charge on any atom is 0.364 e. The molecule has 0 spiro atoms. The molecular weight excluding hydrogens is 496 g/mol. The molecule has 2 rings (SSSR count). The van der Waals surface area contributed by atoms with Crippen LogP contribution in [0.1, 0.15) is 20.3 Å². The Bertz CT molecular complexity index is 756. The number of carboxylic acids is 1. The molecule has 0 aromatic carbocycles. The van der Waals surface area contributed by atoms with Gasteiger partial charge in [0, 0.05) is 20.3 Å². The minimum Gasteiger partial charge on any atom is -0.477 e. The number of ether oxygens (including phenoxy) is 2. The first-order valence-corrected chi connectivity index (χ1v) is 10.7. The summed E-state index contributed by atoms with van der Waals surface area (Å²) in [7, 11) is 0. The molecule has 0 saturated carbocycles. The predicted molar refractivity (Wildman–Crippen MR) is 112 cm³/mol. The van der Waals surface area contributed by atoms with Crippen molar-refractivity contribution in [2.24, 2.45) is 0 Å². The Morgan fingerprint density at radius 2 is 1.50 bits per heavy atom. The molecule has 0 aromatic heterocycles. The standard InChI is InChI=1S/C11H19NO9.C8H15NO6/c1-4(14)12-7-5(15)2-11(20,10(18)19)21-9(7)8(17)6(16)3-13;1-3(11)9-5-7(13)6(12)4(2-10)15-8(5)14/h5-9,13,15-17,20H,2-3H2,1H3,(H,12,14)(H,18,19);4-8,10,12-14H,2H2,1H3,(H,9,11)/t5-,6+,7+,8+,9+,11?;4-,5+,6-,7-,8?/m01/s1. The van der Waals surface area contributed by atoms with E-state index in [9.17, 15) is 50.1 Å². The zero-order valence-corrected chi connectivity index (χ0v) is 19.4. The van der Waals surface area contributed by atoms with Crippen molar-refractivity contribution in [3.8, 4) is 0 Å². The lowest BCUT2D eigenvalue weighted by Gasteiger charge is -2.44. The number of amides is 2. The minimum absolute atomic E-state index is 0.462. The monoisotopic (exact) mass is 530 g/mol. The van der Waals surface area contributed by atoms with Crippen LogP contribution in [0.2, 0.25) is 0 Å². The highest BCUT2D eigenvalue weighted by atomic mass is 16.7. The first kappa shape index (κ1) is 32.0. The second kappa shape index (κ2) is 13.5. The molecule has 0 bridgehead atoms. The van der Waals surface area contributed by atoms with Crippen molar-refractivity contribution in [3.63, 3.8) is 0 Å². The summed E-state index contributed by atoms with van der Waals surface area (Å²) in [5.41, 5.74) is 0. The third-order valence-electron chi connectivity index (χ3n) is 5.48. The second-order valence-corrected chi connectivity index (χ2v) is 8.37. The van der Waals surface area contributed by atoms with Gasteiger partial charge in [-0.1, -0.05) is 0 Å².